The van der Waals surface area contributed by atoms with E-state index in [-0.39, 0.29) is 17.9 Å². The number of nitrogens with zero attached hydrogens (tertiary/aromatic N) is 2. The van der Waals surface area contributed by atoms with Gasteiger partial charge in [0.2, 0.25) is 0 Å². The number of likely N-dealkylation sites (N-methyl/N-ethyl adjacent to an activating group) is 1. The number of fused-ring (bicyclic) bond motifs is 1. The van der Waals surface area contributed by atoms with E-state index in [0.717, 1.165) is 4.90 Å². The van der Waals surface area contributed by atoms with Crippen molar-refractivity contribution >= 4 is 35.4 Å². The number of benzene rings is 1. The van der Waals surface area contributed by atoms with Gasteiger partial charge in [-0.25, -0.2) is 4.79 Å². The van der Waals surface area contributed by atoms with Crippen molar-refractivity contribution in [2.75, 3.05) is 26.2 Å². The molecule has 0 saturated heterocycles. The summed E-state index contributed by atoms with van der Waals surface area (Å²) in [7, 11) is 0. The minimum Gasteiger partial charge on any atom is -0.481 e. The number of esters is 1. The van der Waals surface area contributed by atoms with Crippen molar-refractivity contribution in [1.82, 2.24) is 9.80 Å². The van der Waals surface area contributed by atoms with Crippen LogP contribution in [0.4, 0.5) is 0 Å². The van der Waals surface area contributed by atoms with Gasteiger partial charge < -0.3 is 29.7 Å². The summed E-state index contributed by atoms with van der Waals surface area (Å²) in [6.45, 7) is 5.87. The van der Waals surface area contributed by atoms with E-state index < -0.39 is 48.7 Å². The Kier molecular flexibility index (Phi) is 8.42. The molecule has 1 aliphatic rings. The van der Waals surface area contributed by atoms with Crippen LogP contribution in [0.15, 0.2) is 18.2 Å². The third-order valence-electron chi connectivity index (χ3n) is 4.98. The van der Waals surface area contributed by atoms with Crippen molar-refractivity contribution in [3.8, 4) is 5.75 Å². The van der Waals surface area contributed by atoms with Crippen molar-refractivity contribution in [2.24, 2.45) is 0 Å². The molecule has 1 heterocycles. The highest BCUT2D eigenvalue weighted by Gasteiger charge is 2.43. The summed E-state index contributed by atoms with van der Waals surface area (Å²) in [6.07, 6.45) is -3.91. The average molecular weight is 473 g/mol. The number of amides is 1. The van der Waals surface area contributed by atoms with E-state index in [2.05, 4.69) is 0 Å². The van der Waals surface area contributed by atoms with Crippen LogP contribution in [0.25, 0.3) is 0 Å². The summed E-state index contributed by atoms with van der Waals surface area (Å²) < 4.78 is 10.8. The number of rotatable bonds is 11. The minimum atomic E-state index is -2.88. The van der Waals surface area contributed by atoms with Crippen LogP contribution in [-0.4, -0.2) is 87.1 Å². The second kappa shape index (κ2) is 10.6. The zero-order valence-corrected chi connectivity index (χ0v) is 18.4. The molecule has 0 saturated carbocycles. The Bertz CT molecular complexity index is 890. The number of ether oxygens (including phenoxy) is 2. The lowest BCUT2D eigenvalue weighted by molar-refractivity contribution is -0.196. The smallest absolute Gasteiger partial charge is 0.336 e. The van der Waals surface area contributed by atoms with Crippen LogP contribution in [0.2, 0.25) is 5.02 Å². The number of carboxylic acid groups (broad SMARTS) is 2. The van der Waals surface area contributed by atoms with Crippen LogP contribution in [0, 0.1) is 0 Å². The van der Waals surface area contributed by atoms with Crippen LogP contribution in [-0.2, 0) is 19.1 Å². The van der Waals surface area contributed by atoms with E-state index in [1.807, 2.05) is 18.7 Å². The molecule has 2 atom stereocenters. The Hall–Kier alpha value is -2.89. The molecule has 0 spiro atoms. The Balaban J connectivity index is 2.25. The lowest BCUT2D eigenvalue weighted by Crippen LogP contribution is -2.53. The lowest BCUT2D eigenvalue weighted by atomic mass is 9.96. The third kappa shape index (κ3) is 6.09. The predicted molar refractivity (Wildman–Crippen MR) is 110 cm³/mol. The predicted octanol–water partition coefficient (Wildman–Crippen LogP) is 1.02. The largest absolute Gasteiger partial charge is 0.481 e. The van der Waals surface area contributed by atoms with Gasteiger partial charge in [-0.2, -0.15) is 0 Å². The molecule has 0 aromatic heterocycles. The van der Waals surface area contributed by atoms with E-state index in [4.69, 9.17) is 31.3 Å². The van der Waals surface area contributed by atoms with Gasteiger partial charge in [0.1, 0.15) is 5.75 Å². The Labute approximate surface area is 189 Å². The van der Waals surface area contributed by atoms with Crippen LogP contribution in [0.5, 0.6) is 5.75 Å². The summed E-state index contributed by atoms with van der Waals surface area (Å²) in [4.78, 5) is 50.8. The van der Waals surface area contributed by atoms with Crippen molar-refractivity contribution in [3.05, 3.63) is 28.8 Å². The molecule has 1 aromatic carbocycles. The van der Waals surface area contributed by atoms with Gasteiger partial charge in [-0.1, -0.05) is 25.4 Å². The SMILES string of the molecule is CCN(CC)CCN1C(=O)c2cc(Cl)ccc2OC1OC(=O)CC(O)(CC(=O)O)C(=O)O. The van der Waals surface area contributed by atoms with Crippen molar-refractivity contribution < 1.29 is 44.0 Å². The quantitative estimate of drug-likeness (QED) is 0.397. The van der Waals surface area contributed by atoms with Crippen molar-refractivity contribution in [2.45, 2.75) is 38.7 Å². The van der Waals surface area contributed by atoms with Crippen LogP contribution < -0.4 is 4.74 Å². The van der Waals surface area contributed by atoms with Gasteiger partial charge in [0.05, 0.1) is 18.4 Å². The van der Waals surface area contributed by atoms with E-state index in [1.54, 1.807) is 0 Å². The van der Waals surface area contributed by atoms with Gasteiger partial charge in [0.25, 0.3) is 5.91 Å². The average Bonchev–Trinajstić information content (AvgIpc) is 2.70. The molecule has 3 N–H and O–H groups in total. The lowest BCUT2D eigenvalue weighted by Gasteiger charge is -2.36. The number of hydrogen-bond acceptors (Lipinski definition) is 8. The van der Waals surface area contributed by atoms with Gasteiger partial charge in [0, 0.05) is 18.1 Å². The first kappa shape index (κ1) is 25.4. The summed E-state index contributed by atoms with van der Waals surface area (Å²) in [5, 5.41) is 28.4. The molecule has 1 amide bonds. The van der Waals surface area contributed by atoms with Crippen LogP contribution >= 0.6 is 11.6 Å². The zero-order chi connectivity index (χ0) is 24.1. The maximum Gasteiger partial charge on any atom is 0.336 e. The first-order valence-electron chi connectivity index (χ1n) is 9.87. The Morgan fingerprint density at radius 3 is 2.44 bits per heavy atom. The van der Waals surface area contributed by atoms with E-state index in [9.17, 15) is 24.3 Å². The van der Waals surface area contributed by atoms with E-state index >= 15 is 0 Å². The number of carbonyl (C=O) groups is 4. The number of carbonyl (C=O) groups excluding carboxylic acids is 2. The molecule has 2 rings (SSSR count). The number of halogens is 1. The molecule has 0 aliphatic carbocycles. The maximum absolute atomic E-state index is 13.0. The number of carboxylic acids is 2. The molecule has 1 aromatic rings. The monoisotopic (exact) mass is 472 g/mol. The Morgan fingerprint density at radius 1 is 1.22 bits per heavy atom. The van der Waals surface area contributed by atoms with E-state index in [0.29, 0.717) is 24.7 Å². The van der Waals surface area contributed by atoms with Gasteiger partial charge in [-0.05, 0) is 31.3 Å². The molecule has 11 nitrogen and oxygen atoms in total. The third-order valence-corrected chi connectivity index (χ3v) is 5.21. The zero-order valence-electron chi connectivity index (χ0n) is 17.6. The first-order valence-corrected chi connectivity index (χ1v) is 10.2. The fraction of sp³-hybridized carbons (Fsp3) is 0.500. The molecule has 0 bridgehead atoms. The molecule has 12 heteroatoms. The highest BCUT2D eigenvalue weighted by atomic mass is 35.5. The normalized spacial score (nSPS) is 17.3. The van der Waals surface area contributed by atoms with Crippen molar-refractivity contribution in [3.63, 3.8) is 0 Å². The van der Waals surface area contributed by atoms with Gasteiger partial charge in [0.15, 0.2) is 5.60 Å². The van der Waals surface area contributed by atoms with Gasteiger partial charge in [-0.3, -0.25) is 19.3 Å². The maximum atomic E-state index is 13.0. The molecule has 1 aliphatic heterocycles. The number of aliphatic carboxylic acids is 2. The molecule has 0 radical (unpaired) electrons. The summed E-state index contributed by atoms with van der Waals surface area (Å²) in [5.74, 6) is -5.17. The summed E-state index contributed by atoms with van der Waals surface area (Å²) in [6, 6.07) is 4.32. The minimum absolute atomic E-state index is 0.107. The highest BCUT2D eigenvalue weighted by molar-refractivity contribution is 6.31. The van der Waals surface area contributed by atoms with Crippen molar-refractivity contribution in [1.29, 1.82) is 0 Å². The van der Waals surface area contributed by atoms with Crippen LogP contribution in [0.1, 0.15) is 37.0 Å². The molecule has 176 valence electrons. The number of hydrogen-bond donors (Lipinski definition) is 3. The topological polar surface area (TPSA) is 154 Å². The number of aliphatic hydroxyl groups is 1. The molecule has 32 heavy (non-hydrogen) atoms. The standard InChI is InChI=1S/C20H25ClN2O9/c1-3-22(4-2)7-8-23-17(27)13-9-12(21)5-6-14(13)31-19(23)32-16(26)11-20(30,18(28)29)10-15(24)25/h5-6,9,19,30H,3-4,7-8,10-11H2,1-2H3,(H,24,25)(H,28,29). The molecule has 2 unspecified atom stereocenters. The fourth-order valence-electron chi connectivity index (χ4n) is 3.14. The summed E-state index contributed by atoms with van der Waals surface area (Å²) in [5.41, 5.74) is -2.71. The van der Waals surface area contributed by atoms with Gasteiger partial charge in [-0.15, -0.1) is 0 Å². The second-order valence-electron chi connectivity index (χ2n) is 7.16. The fourth-order valence-corrected chi connectivity index (χ4v) is 3.31. The Morgan fingerprint density at radius 2 is 1.88 bits per heavy atom. The van der Waals surface area contributed by atoms with Crippen LogP contribution in [0.3, 0.4) is 0 Å². The summed E-state index contributed by atoms with van der Waals surface area (Å²) >= 11 is 5.98. The highest BCUT2D eigenvalue weighted by Crippen LogP contribution is 2.31. The molecule has 0 fully saturated rings. The molecular formula is C20H25ClN2O9. The van der Waals surface area contributed by atoms with E-state index in [1.165, 1.54) is 18.2 Å². The first-order chi connectivity index (χ1) is 15.0. The second-order valence-corrected chi connectivity index (χ2v) is 7.60. The molecular weight excluding hydrogens is 448 g/mol. The van der Waals surface area contributed by atoms with Gasteiger partial charge >= 0.3 is 24.3 Å².